The maximum atomic E-state index is 11.7. The SMILES string of the molecule is Cn1cc(C(=O)OCc2ccccc2)c(N)n1. The molecule has 88 valence electrons. The molecule has 0 spiro atoms. The van der Waals surface area contributed by atoms with Gasteiger partial charge >= 0.3 is 5.97 Å². The average molecular weight is 231 g/mol. The van der Waals surface area contributed by atoms with Crippen molar-refractivity contribution >= 4 is 11.8 Å². The second-order valence-corrected chi connectivity index (χ2v) is 3.66. The number of benzene rings is 1. The van der Waals surface area contributed by atoms with Crippen LogP contribution in [0, 0.1) is 0 Å². The summed E-state index contributed by atoms with van der Waals surface area (Å²) in [7, 11) is 1.70. The van der Waals surface area contributed by atoms with Crippen LogP contribution in [0.5, 0.6) is 0 Å². The monoisotopic (exact) mass is 231 g/mol. The zero-order chi connectivity index (χ0) is 12.3. The van der Waals surface area contributed by atoms with Crippen molar-refractivity contribution in [3.63, 3.8) is 0 Å². The highest BCUT2D eigenvalue weighted by molar-refractivity contribution is 5.93. The summed E-state index contributed by atoms with van der Waals surface area (Å²) in [5.74, 6) is -0.273. The van der Waals surface area contributed by atoms with Gasteiger partial charge in [0, 0.05) is 13.2 Å². The summed E-state index contributed by atoms with van der Waals surface area (Å²) in [4.78, 5) is 11.7. The molecule has 0 amide bonds. The number of esters is 1. The summed E-state index contributed by atoms with van der Waals surface area (Å²) in [5.41, 5.74) is 6.81. The first-order valence-electron chi connectivity index (χ1n) is 5.17. The molecule has 1 aromatic carbocycles. The molecule has 0 saturated heterocycles. The molecular weight excluding hydrogens is 218 g/mol. The fourth-order valence-electron chi connectivity index (χ4n) is 1.46. The van der Waals surface area contributed by atoms with Crippen molar-refractivity contribution < 1.29 is 9.53 Å². The highest BCUT2D eigenvalue weighted by atomic mass is 16.5. The number of hydrogen-bond acceptors (Lipinski definition) is 4. The zero-order valence-electron chi connectivity index (χ0n) is 9.46. The van der Waals surface area contributed by atoms with Crippen LogP contribution in [0.15, 0.2) is 36.5 Å². The van der Waals surface area contributed by atoms with Crippen LogP contribution in [0.1, 0.15) is 15.9 Å². The summed E-state index contributed by atoms with van der Waals surface area (Å²) in [6.45, 7) is 0.230. The summed E-state index contributed by atoms with van der Waals surface area (Å²) < 4.78 is 6.62. The second-order valence-electron chi connectivity index (χ2n) is 3.66. The maximum Gasteiger partial charge on any atom is 0.343 e. The molecule has 5 heteroatoms. The molecular formula is C12H13N3O2. The van der Waals surface area contributed by atoms with Crippen LogP contribution in [0.4, 0.5) is 5.82 Å². The van der Waals surface area contributed by atoms with Gasteiger partial charge in [0.1, 0.15) is 12.2 Å². The first-order chi connectivity index (χ1) is 8.16. The van der Waals surface area contributed by atoms with Gasteiger partial charge in [-0.2, -0.15) is 5.10 Å². The topological polar surface area (TPSA) is 70.1 Å². The van der Waals surface area contributed by atoms with Gasteiger partial charge in [-0.15, -0.1) is 0 Å². The largest absolute Gasteiger partial charge is 0.457 e. The van der Waals surface area contributed by atoms with Gasteiger partial charge in [0.05, 0.1) is 0 Å². The molecule has 17 heavy (non-hydrogen) atoms. The van der Waals surface area contributed by atoms with Crippen molar-refractivity contribution in [3.05, 3.63) is 47.7 Å². The third-order valence-corrected chi connectivity index (χ3v) is 2.29. The van der Waals surface area contributed by atoms with E-state index in [-0.39, 0.29) is 12.4 Å². The van der Waals surface area contributed by atoms with Crippen LogP contribution in [-0.2, 0) is 18.4 Å². The number of ether oxygens (including phenoxy) is 1. The smallest absolute Gasteiger partial charge is 0.343 e. The second kappa shape index (κ2) is 4.69. The quantitative estimate of drug-likeness (QED) is 0.810. The van der Waals surface area contributed by atoms with Crippen molar-refractivity contribution in [2.24, 2.45) is 7.05 Å². The van der Waals surface area contributed by atoms with Crippen molar-refractivity contribution in [3.8, 4) is 0 Å². The summed E-state index contributed by atoms with van der Waals surface area (Å²) in [6.07, 6.45) is 1.54. The molecule has 2 N–H and O–H groups in total. The number of hydrogen-bond donors (Lipinski definition) is 1. The minimum atomic E-state index is -0.459. The predicted octanol–water partition coefficient (Wildman–Crippen LogP) is 1.36. The van der Waals surface area contributed by atoms with Gasteiger partial charge in [0.25, 0.3) is 0 Å². The van der Waals surface area contributed by atoms with E-state index in [1.807, 2.05) is 30.3 Å². The molecule has 2 aromatic rings. The van der Waals surface area contributed by atoms with Gasteiger partial charge in [0.2, 0.25) is 0 Å². The Morgan fingerprint density at radius 3 is 2.71 bits per heavy atom. The molecule has 0 unspecified atom stereocenters. The zero-order valence-corrected chi connectivity index (χ0v) is 9.46. The third kappa shape index (κ3) is 2.63. The van der Waals surface area contributed by atoms with E-state index in [9.17, 15) is 4.79 Å². The molecule has 0 radical (unpaired) electrons. The Bertz CT molecular complexity index is 520. The molecule has 0 bridgehead atoms. The number of aryl methyl sites for hydroxylation is 1. The van der Waals surface area contributed by atoms with Crippen LogP contribution in [-0.4, -0.2) is 15.7 Å². The Morgan fingerprint density at radius 2 is 2.12 bits per heavy atom. The average Bonchev–Trinajstić information content (AvgIpc) is 2.67. The Labute approximate surface area is 98.8 Å². The number of nitrogens with two attached hydrogens (primary N) is 1. The van der Waals surface area contributed by atoms with E-state index in [4.69, 9.17) is 10.5 Å². The van der Waals surface area contributed by atoms with Crippen molar-refractivity contribution in [2.45, 2.75) is 6.61 Å². The van der Waals surface area contributed by atoms with Gasteiger partial charge in [0.15, 0.2) is 5.82 Å². The van der Waals surface area contributed by atoms with Crippen LogP contribution < -0.4 is 5.73 Å². The lowest BCUT2D eigenvalue weighted by Crippen LogP contribution is -2.06. The Morgan fingerprint density at radius 1 is 1.41 bits per heavy atom. The van der Waals surface area contributed by atoms with Gasteiger partial charge in [-0.3, -0.25) is 4.68 Å². The van der Waals surface area contributed by atoms with Gasteiger partial charge in [-0.05, 0) is 5.56 Å². The first-order valence-corrected chi connectivity index (χ1v) is 5.17. The van der Waals surface area contributed by atoms with E-state index in [0.29, 0.717) is 5.56 Å². The van der Waals surface area contributed by atoms with Gasteiger partial charge in [-0.1, -0.05) is 30.3 Å². The highest BCUT2D eigenvalue weighted by Crippen LogP contribution is 2.11. The fourth-order valence-corrected chi connectivity index (χ4v) is 1.46. The molecule has 0 fully saturated rings. The van der Waals surface area contributed by atoms with Crippen molar-refractivity contribution in [2.75, 3.05) is 5.73 Å². The first kappa shape index (κ1) is 11.2. The fraction of sp³-hybridized carbons (Fsp3) is 0.167. The lowest BCUT2D eigenvalue weighted by atomic mass is 10.2. The molecule has 0 saturated carbocycles. The van der Waals surface area contributed by atoms with E-state index in [1.165, 1.54) is 4.68 Å². The Hall–Kier alpha value is -2.30. The summed E-state index contributed by atoms with van der Waals surface area (Å²) in [5, 5.41) is 3.88. The van der Waals surface area contributed by atoms with E-state index >= 15 is 0 Å². The highest BCUT2D eigenvalue weighted by Gasteiger charge is 2.14. The number of carbonyl (C=O) groups is 1. The number of aromatic nitrogens is 2. The molecule has 0 aliphatic heterocycles. The summed E-state index contributed by atoms with van der Waals surface area (Å²) >= 11 is 0. The van der Waals surface area contributed by atoms with Crippen molar-refractivity contribution in [1.82, 2.24) is 9.78 Å². The van der Waals surface area contributed by atoms with E-state index in [2.05, 4.69) is 5.10 Å². The number of carbonyl (C=O) groups excluding carboxylic acids is 1. The number of rotatable bonds is 3. The molecule has 2 rings (SSSR count). The molecule has 1 heterocycles. The predicted molar refractivity (Wildman–Crippen MR) is 63.2 cm³/mol. The Balaban J connectivity index is 2.01. The van der Waals surface area contributed by atoms with E-state index in [0.717, 1.165) is 5.56 Å². The minimum Gasteiger partial charge on any atom is -0.457 e. The number of anilines is 1. The van der Waals surface area contributed by atoms with Crippen LogP contribution in [0.25, 0.3) is 0 Å². The molecule has 5 nitrogen and oxygen atoms in total. The van der Waals surface area contributed by atoms with Crippen LogP contribution >= 0.6 is 0 Å². The van der Waals surface area contributed by atoms with Crippen molar-refractivity contribution in [1.29, 1.82) is 0 Å². The van der Waals surface area contributed by atoms with Crippen LogP contribution in [0.3, 0.4) is 0 Å². The van der Waals surface area contributed by atoms with Crippen LogP contribution in [0.2, 0.25) is 0 Å². The van der Waals surface area contributed by atoms with Gasteiger partial charge < -0.3 is 10.5 Å². The van der Waals surface area contributed by atoms with Gasteiger partial charge in [-0.25, -0.2) is 4.79 Å². The molecule has 0 aliphatic carbocycles. The molecule has 0 aliphatic rings. The Kier molecular flexibility index (Phi) is 3.09. The minimum absolute atomic E-state index is 0.186. The summed E-state index contributed by atoms with van der Waals surface area (Å²) in [6, 6.07) is 9.47. The third-order valence-electron chi connectivity index (χ3n) is 2.29. The maximum absolute atomic E-state index is 11.7. The number of nitrogens with zero attached hydrogens (tertiary/aromatic N) is 2. The van der Waals surface area contributed by atoms with E-state index in [1.54, 1.807) is 13.2 Å². The normalized spacial score (nSPS) is 10.2. The lowest BCUT2D eigenvalue weighted by Gasteiger charge is -2.03. The van der Waals surface area contributed by atoms with E-state index < -0.39 is 5.97 Å². The molecule has 0 atom stereocenters. The lowest BCUT2D eigenvalue weighted by molar-refractivity contribution is 0.0474. The standard InChI is InChI=1S/C12H13N3O2/c1-15-7-10(11(13)14-15)12(16)17-8-9-5-3-2-4-6-9/h2-7H,8H2,1H3,(H2,13,14). The molecule has 1 aromatic heterocycles. The number of nitrogen functional groups attached to an aromatic ring is 1.